The highest BCUT2D eigenvalue weighted by Gasteiger charge is 2.14. The van der Waals surface area contributed by atoms with Crippen LogP contribution in [-0.2, 0) is 20.3 Å². The Hall–Kier alpha value is -0.330. The van der Waals surface area contributed by atoms with Crippen molar-refractivity contribution in [3.8, 4) is 0 Å². The summed E-state index contributed by atoms with van der Waals surface area (Å²) < 4.78 is 28.5. The Morgan fingerprint density at radius 2 is 1.94 bits per heavy atom. The van der Waals surface area contributed by atoms with Gasteiger partial charge in [-0.3, -0.25) is 0 Å². The Kier molecular flexibility index (Phi) is 6.38. The molecular formula is C11H14Cl2O4S. The lowest BCUT2D eigenvalue weighted by Gasteiger charge is -2.07. The molecule has 0 unspecified atom stereocenters. The van der Waals surface area contributed by atoms with Gasteiger partial charge in [0.25, 0.3) is 0 Å². The van der Waals surface area contributed by atoms with Gasteiger partial charge in [0.2, 0.25) is 0 Å². The van der Waals surface area contributed by atoms with Gasteiger partial charge in [0.05, 0.1) is 31.3 Å². The Balaban J connectivity index is 2.62. The third-order valence-electron chi connectivity index (χ3n) is 2.16. The van der Waals surface area contributed by atoms with Gasteiger partial charge < -0.3 is 9.84 Å². The zero-order valence-electron chi connectivity index (χ0n) is 9.60. The molecule has 0 heterocycles. The summed E-state index contributed by atoms with van der Waals surface area (Å²) in [4.78, 5) is 0. The van der Waals surface area contributed by atoms with Gasteiger partial charge in [-0.05, 0) is 23.8 Å². The lowest BCUT2D eigenvalue weighted by atomic mass is 10.2. The van der Waals surface area contributed by atoms with Crippen LogP contribution in [0.3, 0.4) is 0 Å². The molecule has 1 aromatic carbocycles. The fourth-order valence-electron chi connectivity index (χ4n) is 1.32. The molecule has 7 heteroatoms. The largest absolute Gasteiger partial charge is 0.394 e. The molecule has 4 nitrogen and oxygen atoms in total. The van der Waals surface area contributed by atoms with E-state index in [1.165, 1.54) is 6.07 Å². The van der Waals surface area contributed by atoms with E-state index in [1.807, 2.05) is 0 Å². The number of benzene rings is 1. The number of halogens is 2. The highest BCUT2D eigenvalue weighted by atomic mass is 35.5. The van der Waals surface area contributed by atoms with Crippen LogP contribution in [0.25, 0.3) is 0 Å². The molecule has 0 saturated carbocycles. The van der Waals surface area contributed by atoms with Crippen LogP contribution in [-0.4, -0.2) is 39.1 Å². The minimum Gasteiger partial charge on any atom is -0.394 e. The minimum atomic E-state index is -3.30. The second-order valence-electron chi connectivity index (χ2n) is 3.66. The third kappa shape index (κ3) is 5.54. The number of rotatable bonds is 7. The summed E-state index contributed by atoms with van der Waals surface area (Å²) >= 11 is 11.7. The number of aliphatic hydroxyl groups is 1. The highest BCUT2D eigenvalue weighted by Crippen LogP contribution is 2.22. The molecule has 0 spiro atoms. The first-order valence-corrected chi connectivity index (χ1v) is 7.85. The van der Waals surface area contributed by atoms with Gasteiger partial charge >= 0.3 is 0 Å². The molecule has 0 amide bonds. The lowest BCUT2D eigenvalue weighted by Crippen LogP contribution is -2.15. The van der Waals surface area contributed by atoms with Gasteiger partial charge in [0.1, 0.15) is 0 Å². The van der Waals surface area contributed by atoms with Crippen molar-refractivity contribution < 1.29 is 18.3 Å². The van der Waals surface area contributed by atoms with Crippen LogP contribution in [0.1, 0.15) is 5.56 Å². The van der Waals surface area contributed by atoms with Gasteiger partial charge in [-0.15, -0.1) is 0 Å². The van der Waals surface area contributed by atoms with Crippen LogP contribution in [0, 0.1) is 0 Å². The van der Waals surface area contributed by atoms with Crippen molar-refractivity contribution in [2.45, 2.75) is 5.75 Å². The fourth-order valence-corrected chi connectivity index (χ4v) is 3.00. The zero-order chi connectivity index (χ0) is 13.6. The summed E-state index contributed by atoms with van der Waals surface area (Å²) in [6, 6.07) is 4.71. The molecule has 0 aliphatic rings. The Bertz CT molecular complexity index is 488. The fraction of sp³-hybridized carbons (Fsp3) is 0.455. The lowest BCUT2D eigenvalue weighted by molar-refractivity contribution is 0.103. The molecule has 0 aliphatic heterocycles. The van der Waals surface area contributed by atoms with E-state index < -0.39 is 9.84 Å². The molecule has 1 rings (SSSR count). The first kappa shape index (κ1) is 15.7. The van der Waals surface area contributed by atoms with Crippen molar-refractivity contribution in [1.82, 2.24) is 0 Å². The second kappa shape index (κ2) is 7.31. The molecule has 18 heavy (non-hydrogen) atoms. The van der Waals surface area contributed by atoms with E-state index >= 15 is 0 Å². The Morgan fingerprint density at radius 1 is 1.22 bits per heavy atom. The molecule has 0 radical (unpaired) electrons. The Morgan fingerprint density at radius 3 is 2.61 bits per heavy atom. The maximum Gasteiger partial charge on any atom is 0.156 e. The number of hydrogen-bond acceptors (Lipinski definition) is 4. The highest BCUT2D eigenvalue weighted by molar-refractivity contribution is 7.90. The molecule has 0 fully saturated rings. The van der Waals surface area contributed by atoms with Crippen LogP contribution in [0.2, 0.25) is 10.0 Å². The van der Waals surface area contributed by atoms with Crippen LogP contribution >= 0.6 is 23.2 Å². The van der Waals surface area contributed by atoms with Crippen molar-refractivity contribution in [2.24, 2.45) is 0 Å². The van der Waals surface area contributed by atoms with Crippen molar-refractivity contribution in [3.05, 3.63) is 33.8 Å². The maximum absolute atomic E-state index is 11.8. The molecule has 102 valence electrons. The number of ether oxygens (including phenoxy) is 1. The van der Waals surface area contributed by atoms with Crippen molar-refractivity contribution in [2.75, 3.05) is 25.6 Å². The first-order valence-electron chi connectivity index (χ1n) is 5.27. The van der Waals surface area contributed by atoms with Gasteiger partial charge in [0, 0.05) is 10.0 Å². The van der Waals surface area contributed by atoms with Crippen molar-refractivity contribution in [1.29, 1.82) is 0 Å². The normalized spacial score (nSPS) is 11.7. The van der Waals surface area contributed by atoms with E-state index in [1.54, 1.807) is 12.1 Å². The van der Waals surface area contributed by atoms with E-state index in [9.17, 15) is 8.42 Å². The van der Waals surface area contributed by atoms with Gasteiger partial charge in [-0.1, -0.05) is 23.2 Å². The summed E-state index contributed by atoms with van der Waals surface area (Å²) in [5, 5.41) is 9.31. The smallest absolute Gasteiger partial charge is 0.156 e. The summed E-state index contributed by atoms with van der Waals surface area (Å²) in [7, 11) is -3.30. The Labute approximate surface area is 116 Å². The predicted octanol–water partition coefficient (Wildman–Crippen LogP) is 1.92. The monoisotopic (exact) mass is 312 g/mol. The quantitative estimate of drug-likeness (QED) is 0.781. The summed E-state index contributed by atoms with van der Waals surface area (Å²) in [5.74, 6) is -0.287. The second-order valence-corrected chi connectivity index (χ2v) is 6.69. The zero-order valence-corrected chi connectivity index (χ0v) is 11.9. The third-order valence-corrected chi connectivity index (χ3v) is 4.30. The van der Waals surface area contributed by atoms with Crippen molar-refractivity contribution >= 4 is 33.0 Å². The van der Waals surface area contributed by atoms with E-state index in [2.05, 4.69) is 0 Å². The predicted molar refractivity (Wildman–Crippen MR) is 71.9 cm³/mol. The number of aliphatic hydroxyl groups excluding tert-OH is 1. The average molecular weight is 313 g/mol. The SMILES string of the molecule is O=S(=O)(CCOCCO)Cc1cc(Cl)ccc1Cl. The van der Waals surface area contributed by atoms with E-state index in [-0.39, 0.29) is 31.3 Å². The van der Waals surface area contributed by atoms with E-state index in [0.29, 0.717) is 15.6 Å². The van der Waals surface area contributed by atoms with E-state index in [0.717, 1.165) is 0 Å². The topological polar surface area (TPSA) is 63.6 Å². The van der Waals surface area contributed by atoms with Gasteiger partial charge in [0.15, 0.2) is 9.84 Å². The van der Waals surface area contributed by atoms with Gasteiger partial charge in [-0.2, -0.15) is 0 Å². The van der Waals surface area contributed by atoms with Crippen LogP contribution in [0.4, 0.5) is 0 Å². The molecule has 0 saturated heterocycles. The van der Waals surface area contributed by atoms with Crippen LogP contribution < -0.4 is 0 Å². The summed E-state index contributed by atoms with van der Waals surface area (Å²) in [5.41, 5.74) is 0.478. The van der Waals surface area contributed by atoms with Crippen LogP contribution in [0.5, 0.6) is 0 Å². The molecule has 1 N–H and O–H groups in total. The van der Waals surface area contributed by atoms with E-state index in [4.69, 9.17) is 33.0 Å². The minimum absolute atomic E-state index is 0.0566. The molecule has 0 atom stereocenters. The molecule has 0 aromatic heterocycles. The first-order chi connectivity index (χ1) is 8.44. The van der Waals surface area contributed by atoms with Crippen molar-refractivity contribution in [3.63, 3.8) is 0 Å². The average Bonchev–Trinajstić information content (AvgIpc) is 2.29. The number of sulfone groups is 1. The molecule has 0 aliphatic carbocycles. The molecule has 0 bridgehead atoms. The standard InChI is InChI=1S/C11H14Cl2O4S/c12-10-1-2-11(13)9(7-10)8-18(15,16)6-5-17-4-3-14/h1-2,7,14H,3-6,8H2. The van der Waals surface area contributed by atoms with Crippen LogP contribution in [0.15, 0.2) is 18.2 Å². The molecular weight excluding hydrogens is 299 g/mol. The molecule has 1 aromatic rings. The number of hydrogen-bond donors (Lipinski definition) is 1. The maximum atomic E-state index is 11.8. The summed E-state index contributed by atoms with van der Waals surface area (Å²) in [6.07, 6.45) is 0. The van der Waals surface area contributed by atoms with Gasteiger partial charge in [-0.25, -0.2) is 8.42 Å². The summed E-state index contributed by atoms with van der Waals surface area (Å²) in [6.45, 7) is 0.0642.